The van der Waals surface area contributed by atoms with Crippen molar-refractivity contribution in [1.29, 1.82) is 0 Å². The first-order chi connectivity index (χ1) is 7.88. The molecule has 1 saturated carbocycles. The first kappa shape index (κ1) is 13.6. The van der Waals surface area contributed by atoms with E-state index in [1.165, 1.54) is 4.90 Å². The van der Waals surface area contributed by atoms with Gasteiger partial charge >= 0.3 is 5.97 Å². The van der Waals surface area contributed by atoms with Gasteiger partial charge in [-0.05, 0) is 18.8 Å². The average molecular weight is 237 g/mol. The minimum atomic E-state index is -0.955. The summed E-state index contributed by atoms with van der Waals surface area (Å²) in [5, 5.41) is 9.11. The second-order valence-corrected chi connectivity index (χ2v) is 5.01. The summed E-state index contributed by atoms with van der Waals surface area (Å²) in [6, 6.07) is -0.757. The van der Waals surface area contributed by atoms with E-state index in [1.807, 2.05) is 0 Å². The zero-order valence-electron chi connectivity index (χ0n) is 10.5. The van der Waals surface area contributed by atoms with Crippen LogP contribution in [0.15, 0.2) is 0 Å². The first-order valence-electron chi connectivity index (χ1n) is 5.84. The third-order valence-electron chi connectivity index (χ3n) is 3.37. The highest BCUT2D eigenvalue weighted by molar-refractivity contribution is 5.85. The topological polar surface area (TPSA) is 57.6 Å². The van der Waals surface area contributed by atoms with E-state index in [0.29, 0.717) is 12.8 Å². The molecule has 0 aromatic rings. The fraction of sp³-hybridized carbons (Fsp3) is 0.692. The molecule has 0 heterocycles. The maximum atomic E-state index is 12.0. The second kappa shape index (κ2) is 5.22. The Morgan fingerprint density at radius 2 is 1.94 bits per heavy atom. The Balaban J connectivity index is 2.63. The maximum absolute atomic E-state index is 12.0. The number of hydrogen-bond donors (Lipinski definition) is 1. The summed E-state index contributed by atoms with van der Waals surface area (Å²) in [4.78, 5) is 24.5. The van der Waals surface area contributed by atoms with Crippen molar-refractivity contribution in [2.45, 2.75) is 32.7 Å². The van der Waals surface area contributed by atoms with Gasteiger partial charge in [-0.3, -0.25) is 4.79 Å². The molecule has 1 unspecified atom stereocenters. The minimum absolute atomic E-state index is 0.0957. The standard InChI is InChI=1S/C13H19NO3/c1-5-9-6-10(7-9)12(15)14(4)11(8(2)3)13(16)17/h1,8-11H,6-7H2,2-4H3,(H,16,17). The molecule has 94 valence electrons. The largest absolute Gasteiger partial charge is 0.480 e. The van der Waals surface area contributed by atoms with Crippen LogP contribution in [0.4, 0.5) is 0 Å². The lowest BCUT2D eigenvalue weighted by Crippen LogP contribution is -2.49. The number of carbonyl (C=O) groups excluding carboxylic acids is 1. The van der Waals surface area contributed by atoms with Gasteiger partial charge in [0.25, 0.3) is 0 Å². The van der Waals surface area contributed by atoms with Crippen molar-refractivity contribution in [3.63, 3.8) is 0 Å². The number of likely N-dealkylation sites (N-methyl/N-ethyl adjacent to an activating group) is 1. The van der Waals surface area contributed by atoms with Gasteiger partial charge in [0.05, 0.1) is 0 Å². The van der Waals surface area contributed by atoms with Crippen molar-refractivity contribution >= 4 is 11.9 Å². The molecule has 0 radical (unpaired) electrons. The van der Waals surface area contributed by atoms with Gasteiger partial charge in [-0.15, -0.1) is 12.3 Å². The Hall–Kier alpha value is -1.50. The molecule has 0 saturated heterocycles. The lowest BCUT2D eigenvalue weighted by Gasteiger charge is -2.36. The molecule has 0 bridgehead atoms. The smallest absolute Gasteiger partial charge is 0.326 e. The highest BCUT2D eigenvalue weighted by Crippen LogP contribution is 2.34. The SMILES string of the molecule is C#CC1CC(C(=O)N(C)C(C(=O)O)C(C)C)C1. The van der Waals surface area contributed by atoms with Crippen LogP contribution < -0.4 is 0 Å². The van der Waals surface area contributed by atoms with Gasteiger partial charge in [0, 0.05) is 18.9 Å². The second-order valence-electron chi connectivity index (χ2n) is 5.01. The van der Waals surface area contributed by atoms with E-state index < -0.39 is 12.0 Å². The number of terminal acetylenes is 1. The molecular weight excluding hydrogens is 218 g/mol. The Kier molecular flexibility index (Phi) is 4.17. The van der Waals surface area contributed by atoms with E-state index in [2.05, 4.69) is 5.92 Å². The van der Waals surface area contributed by atoms with Crippen molar-refractivity contribution in [3.8, 4) is 12.3 Å². The molecule has 1 atom stereocenters. The van der Waals surface area contributed by atoms with E-state index >= 15 is 0 Å². The predicted octanol–water partition coefficient (Wildman–Crippen LogP) is 1.21. The van der Waals surface area contributed by atoms with Crippen molar-refractivity contribution < 1.29 is 14.7 Å². The fourth-order valence-corrected chi connectivity index (χ4v) is 2.28. The molecule has 4 heteroatoms. The number of carbonyl (C=O) groups is 2. The van der Waals surface area contributed by atoms with Gasteiger partial charge < -0.3 is 10.0 Å². The molecule has 1 amide bonds. The molecule has 0 aliphatic heterocycles. The van der Waals surface area contributed by atoms with Crippen LogP contribution in [0.25, 0.3) is 0 Å². The van der Waals surface area contributed by atoms with Gasteiger partial charge in [-0.1, -0.05) is 13.8 Å². The van der Waals surface area contributed by atoms with Gasteiger partial charge in [-0.25, -0.2) is 4.79 Å². The molecule has 1 N–H and O–H groups in total. The third-order valence-corrected chi connectivity index (χ3v) is 3.37. The number of nitrogens with zero attached hydrogens (tertiary/aromatic N) is 1. The zero-order chi connectivity index (χ0) is 13.2. The third kappa shape index (κ3) is 2.79. The van der Waals surface area contributed by atoms with Crippen molar-refractivity contribution in [3.05, 3.63) is 0 Å². The van der Waals surface area contributed by atoms with Crippen LogP contribution >= 0.6 is 0 Å². The number of carboxylic acids is 1. The molecule has 1 fully saturated rings. The maximum Gasteiger partial charge on any atom is 0.326 e. The molecular formula is C13H19NO3. The summed E-state index contributed by atoms with van der Waals surface area (Å²) >= 11 is 0. The summed E-state index contributed by atoms with van der Waals surface area (Å²) in [7, 11) is 1.56. The summed E-state index contributed by atoms with van der Waals surface area (Å²) < 4.78 is 0. The van der Waals surface area contributed by atoms with Crippen LogP contribution in [0, 0.1) is 30.1 Å². The molecule has 4 nitrogen and oxygen atoms in total. The molecule has 0 aromatic heterocycles. The van der Waals surface area contributed by atoms with Gasteiger partial charge in [-0.2, -0.15) is 0 Å². The molecule has 1 aliphatic rings. The molecule has 17 heavy (non-hydrogen) atoms. The van der Waals surface area contributed by atoms with Crippen LogP contribution in [0.2, 0.25) is 0 Å². The van der Waals surface area contributed by atoms with Crippen LogP contribution in [0.1, 0.15) is 26.7 Å². The van der Waals surface area contributed by atoms with E-state index in [9.17, 15) is 9.59 Å². The minimum Gasteiger partial charge on any atom is -0.480 e. The monoisotopic (exact) mass is 237 g/mol. The van der Waals surface area contributed by atoms with Crippen molar-refractivity contribution in [1.82, 2.24) is 4.90 Å². The zero-order valence-corrected chi connectivity index (χ0v) is 10.5. The Labute approximate surface area is 102 Å². The van der Waals surface area contributed by atoms with E-state index in [-0.39, 0.29) is 23.7 Å². The van der Waals surface area contributed by atoms with Crippen LogP contribution in [-0.4, -0.2) is 35.0 Å². The fourth-order valence-electron chi connectivity index (χ4n) is 2.28. The Morgan fingerprint density at radius 3 is 2.29 bits per heavy atom. The molecule has 0 spiro atoms. The lowest BCUT2D eigenvalue weighted by atomic mass is 9.74. The average Bonchev–Trinajstić information content (AvgIpc) is 2.14. The first-order valence-corrected chi connectivity index (χ1v) is 5.84. The summed E-state index contributed by atoms with van der Waals surface area (Å²) in [5.74, 6) is 1.54. The number of hydrogen-bond acceptors (Lipinski definition) is 2. The number of aliphatic carboxylic acids is 1. The van der Waals surface area contributed by atoms with Crippen molar-refractivity contribution in [2.75, 3.05) is 7.05 Å². The summed E-state index contributed by atoms with van der Waals surface area (Å²) in [6.45, 7) is 3.60. The normalized spacial score (nSPS) is 24.6. The number of carboxylic acid groups (broad SMARTS) is 1. The van der Waals surface area contributed by atoms with Gasteiger partial charge in [0.15, 0.2) is 0 Å². The highest BCUT2D eigenvalue weighted by atomic mass is 16.4. The van der Waals surface area contributed by atoms with Crippen LogP contribution in [0.5, 0.6) is 0 Å². The van der Waals surface area contributed by atoms with E-state index in [0.717, 1.165) is 0 Å². The van der Waals surface area contributed by atoms with Crippen LogP contribution in [-0.2, 0) is 9.59 Å². The Morgan fingerprint density at radius 1 is 1.41 bits per heavy atom. The van der Waals surface area contributed by atoms with E-state index in [1.54, 1.807) is 20.9 Å². The summed E-state index contributed by atoms with van der Waals surface area (Å²) in [6.07, 6.45) is 6.63. The van der Waals surface area contributed by atoms with Crippen molar-refractivity contribution in [2.24, 2.45) is 17.8 Å². The van der Waals surface area contributed by atoms with Gasteiger partial charge in [0.1, 0.15) is 6.04 Å². The highest BCUT2D eigenvalue weighted by Gasteiger charge is 2.39. The van der Waals surface area contributed by atoms with Crippen LogP contribution in [0.3, 0.4) is 0 Å². The number of amides is 1. The number of rotatable bonds is 4. The van der Waals surface area contributed by atoms with E-state index in [4.69, 9.17) is 11.5 Å². The quantitative estimate of drug-likeness (QED) is 0.748. The van der Waals surface area contributed by atoms with Gasteiger partial charge in [0.2, 0.25) is 5.91 Å². The molecule has 0 aromatic carbocycles. The predicted molar refractivity (Wildman–Crippen MR) is 64.1 cm³/mol. The summed E-state index contributed by atoms with van der Waals surface area (Å²) in [5.41, 5.74) is 0. The lowest BCUT2D eigenvalue weighted by molar-refractivity contribution is -0.154. The molecule has 1 rings (SSSR count). The Bertz CT molecular complexity index is 350. The molecule has 1 aliphatic carbocycles.